The number of hydrogen-bond donors (Lipinski definition) is 0. The van der Waals surface area contributed by atoms with Gasteiger partial charge in [0.15, 0.2) is 0 Å². The van der Waals surface area contributed by atoms with Crippen LogP contribution in [0.4, 0.5) is 5.73 Å². The Morgan fingerprint density at radius 1 is 0.667 bits per heavy atom. The third-order valence-electron chi connectivity index (χ3n) is 2.78. The molecule has 0 aromatic carbocycles. The first-order chi connectivity index (χ1) is 7.27. The Labute approximate surface area is 102 Å². The summed E-state index contributed by atoms with van der Waals surface area (Å²) in [6.45, 7) is 2.23. The van der Waals surface area contributed by atoms with E-state index in [9.17, 15) is 5.73 Å². The van der Waals surface area contributed by atoms with Crippen LogP contribution < -0.4 is 0 Å². The first kappa shape index (κ1) is 15.7. The zero-order chi connectivity index (χ0) is 11.4. The second-order valence-corrected chi connectivity index (χ2v) is 8.24. The molecular formula is C12H26F2Sn. The minimum atomic E-state index is -3.84. The summed E-state index contributed by atoms with van der Waals surface area (Å²) in [5.74, 6) is 0. The van der Waals surface area contributed by atoms with Crippen LogP contribution in [0.25, 0.3) is 0 Å². The first-order valence-electron chi connectivity index (χ1n) is 6.55. The standard InChI is InChI=1S/C12H25.2FH.Sn.H/c1-3-5-7-9-11-12-10-8-6-4-2;;;;/h1,3-12H2,2H3;2*1H;;/q;;;+2;/p-2. The molecule has 0 aliphatic rings. The van der Waals surface area contributed by atoms with Crippen LogP contribution in [-0.2, 0) is 0 Å². The van der Waals surface area contributed by atoms with Crippen molar-refractivity contribution in [2.75, 3.05) is 0 Å². The van der Waals surface area contributed by atoms with Gasteiger partial charge >= 0.3 is 102 Å². The summed E-state index contributed by atoms with van der Waals surface area (Å²) in [7, 11) is 0. The molecule has 0 spiro atoms. The predicted molar refractivity (Wildman–Crippen MR) is 66.0 cm³/mol. The van der Waals surface area contributed by atoms with E-state index in [0.29, 0.717) is 4.44 Å². The Bertz CT molecular complexity index is 118. The Morgan fingerprint density at radius 2 is 1.07 bits per heavy atom. The average Bonchev–Trinajstić information content (AvgIpc) is 2.20. The fourth-order valence-corrected chi connectivity index (χ4v) is 3.49. The molecule has 0 fully saturated rings. The molecule has 0 bridgehead atoms. The predicted octanol–water partition coefficient (Wildman–Crippen LogP) is 5.07. The quantitative estimate of drug-likeness (QED) is 0.367. The summed E-state index contributed by atoms with van der Waals surface area (Å²) < 4.78 is 24.3. The topological polar surface area (TPSA) is 0 Å². The average molecular weight is 327 g/mol. The van der Waals surface area contributed by atoms with E-state index in [1.165, 1.54) is 51.4 Å². The van der Waals surface area contributed by atoms with Gasteiger partial charge in [0.25, 0.3) is 0 Å². The SMILES string of the molecule is CCCCCCCCCCC[CH2][SnH]([F])[F]. The van der Waals surface area contributed by atoms with Crippen molar-refractivity contribution in [1.29, 1.82) is 0 Å². The summed E-state index contributed by atoms with van der Waals surface area (Å²) in [5.41, 5.74) is 0. The van der Waals surface area contributed by atoms with Gasteiger partial charge in [-0.2, -0.15) is 0 Å². The van der Waals surface area contributed by atoms with E-state index in [0.717, 1.165) is 12.8 Å². The van der Waals surface area contributed by atoms with Gasteiger partial charge in [-0.15, -0.1) is 0 Å². The molecule has 0 saturated heterocycles. The van der Waals surface area contributed by atoms with Crippen LogP contribution in [0, 0.1) is 0 Å². The Morgan fingerprint density at radius 3 is 1.47 bits per heavy atom. The molecule has 0 aromatic heterocycles. The van der Waals surface area contributed by atoms with Crippen LogP contribution in [0.15, 0.2) is 0 Å². The maximum atomic E-state index is 12.0. The van der Waals surface area contributed by atoms with Crippen molar-refractivity contribution in [1.82, 2.24) is 0 Å². The van der Waals surface area contributed by atoms with Crippen LogP contribution in [0.3, 0.4) is 0 Å². The molecule has 0 aliphatic heterocycles. The van der Waals surface area contributed by atoms with E-state index in [1.54, 1.807) is 0 Å². The third kappa shape index (κ3) is 14.7. The number of unbranched alkanes of at least 4 members (excludes halogenated alkanes) is 9. The van der Waals surface area contributed by atoms with Gasteiger partial charge in [-0.1, -0.05) is 0 Å². The van der Waals surface area contributed by atoms with Crippen molar-refractivity contribution in [2.45, 2.75) is 75.6 Å². The van der Waals surface area contributed by atoms with E-state index >= 15 is 0 Å². The molecule has 0 unspecified atom stereocenters. The van der Waals surface area contributed by atoms with Crippen LogP contribution >= 0.6 is 0 Å². The number of hydrogen-bond acceptors (Lipinski definition) is 0. The second-order valence-electron chi connectivity index (χ2n) is 4.36. The maximum absolute atomic E-state index is 12.0. The zero-order valence-electron chi connectivity index (χ0n) is 10.1. The van der Waals surface area contributed by atoms with Gasteiger partial charge < -0.3 is 0 Å². The van der Waals surface area contributed by atoms with Crippen molar-refractivity contribution in [3.63, 3.8) is 0 Å². The van der Waals surface area contributed by atoms with E-state index in [4.69, 9.17) is 0 Å². The third-order valence-corrected chi connectivity index (χ3v) is 5.19. The molecule has 3 heteroatoms. The fourth-order valence-electron chi connectivity index (χ4n) is 1.79. The molecule has 0 radical (unpaired) electrons. The van der Waals surface area contributed by atoms with Crippen molar-refractivity contribution < 1.29 is 5.73 Å². The van der Waals surface area contributed by atoms with Crippen molar-refractivity contribution in [3.8, 4) is 0 Å². The molecule has 0 aromatic rings. The minimum absolute atomic E-state index is 0.304. The molecule has 0 aliphatic carbocycles. The summed E-state index contributed by atoms with van der Waals surface area (Å²) in [4.78, 5) is 0. The van der Waals surface area contributed by atoms with Crippen LogP contribution in [0.2, 0.25) is 4.44 Å². The number of rotatable bonds is 11. The molecule has 0 N–H and O–H groups in total. The summed E-state index contributed by atoms with van der Waals surface area (Å²) in [6.07, 6.45) is 12.3. The van der Waals surface area contributed by atoms with Gasteiger partial charge in [-0.25, -0.2) is 0 Å². The molecule has 0 amide bonds. The van der Waals surface area contributed by atoms with Crippen molar-refractivity contribution >= 4 is 20.9 Å². The Balaban J connectivity index is 2.87. The molecule has 0 rings (SSSR count). The van der Waals surface area contributed by atoms with Crippen LogP contribution in [0.5, 0.6) is 0 Å². The molecule has 0 heterocycles. The Kier molecular flexibility index (Phi) is 13.3. The van der Waals surface area contributed by atoms with Crippen LogP contribution in [0.1, 0.15) is 71.1 Å². The second kappa shape index (κ2) is 12.7. The summed E-state index contributed by atoms with van der Waals surface area (Å²) in [6, 6.07) is 0. The first-order valence-corrected chi connectivity index (χ1v) is 11.4. The van der Waals surface area contributed by atoms with Gasteiger partial charge in [-0.05, 0) is 0 Å². The Hall–Kier alpha value is 0.659. The normalized spacial score (nSPS) is 11.2. The zero-order valence-corrected chi connectivity index (χ0v) is 13.4. The fraction of sp³-hybridized carbons (Fsp3) is 1.00. The monoisotopic (exact) mass is 328 g/mol. The van der Waals surface area contributed by atoms with E-state index in [2.05, 4.69) is 6.92 Å². The van der Waals surface area contributed by atoms with Gasteiger partial charge in [0, 0.05) is 0 Å². The molecule has 15 heavy (non-hydrogen) atoms. The van der Waals surface area contributed by atoms with E-state index in [1.807, 2.05) is 0 Å². The van der Waals surface area contributed by atoms with E-state index < -0.39 is 20.9 Å². The van der Waals surface area contributed by atoms with Crippen LogP contribution in [-0.4, -0.2) is 20.9 Å². The molecule has 0 atom stereocenters. The van der Waals surface area contributed by atoms with E-state index in [-0.39, 0.29) is 0 Å². The summed E-state index contributed by atoms with van der Waals surface area (Å²) >= 11 is -3.84. The van der Waals surface area contributed by atoms with Crippen molar-refractivity contribution in [2.24, 2.45) is 0 Å². The molecule has 0 nitrogen and oxygen atoms in total. The summed E-state index contributed by atoms with van der Waals surface area (Å²) in [5, 5.41) is 0. The van der Waals surface area contributed by atoms with Gasteiger partial charge in [0.05, 0.1) is 0 Å². The molecule has 92 valence electrons. The van der Waals surface area contributed by atoms with Gasteiger partial charge in [-0.3, -0.25) is 0 Å². The number of halogens is 2. The van der Waals surface area contributed by atoms with Crippen molar-refractivity contribution in [3.05, 3.63) is 0 Å². The van der Waals surface area contributed by atoms with Gasteiger partial charge in [0.1, 0.15) is 0 Å². The molecule has 0 saturated carbocycles. The molecular weight excluding hydrogens is 301 g/mol. The van der Waals surface area contributed by atoms with Gasteiger partial charge in [0.2, 0.25) is 0 Å².